The Kier molecular flexibility index (Phi) is 9.53. The molecule has 0 aliphatic carbocycles. The molecule has 0 saturated heterocycles. The van der Waals surface area contributed by atoms with Crippen LogP contribution in [0.3, 0.4) is 0 Å². The average molecular weight is 508 g/mol. The van der Waals surface area contributed by atoms with Gasteiger partial charge in [0.1, 0.15) is 6.04 Å². The number of nitrogens with one attached hydrogen (secondary N) is 1. The van der Waals surface area contributed by atoms with Crippen LogP contribution in [-0.4, -0.2) is 49.5 Å². The second kappa shape index (κ2) is 11.7. The van der Waals surface area contributed by atoms with E-state index in [9.17, 15) is 18.0 Å². The van der Waals surface area contributed by atoms with Gasteiger partial charge in [-0.3, -0.25) is 13.9 Å². The van der Waals surface area contributed by atoms with Crippen molar-refractivity contribution < 1.29 is 18.0 Å². The van der Waals surface area contributed by atoms with Crippen molar-refractivity contribution in [3.05, 3.63) is 65.2 Å². The zero-order valence-corrected chi connectivity index (χ0v) is 22.0. The third kappa shape index (κ3) is 8.65. The average Bonchev–Trinajstić information content (AvgIpc) is 2.73. The Balaban J connectivity index is 2.17. The summed E-state index contributed by atoms with van der Waals surface area (Å²) in [6, 6.07) is 15.2. The van der Waals surface area contributed by atoms with Crippen LogP contribution in [0.15, 0.2) is 54.6 Å². The highest BCUT2D eigenvalue weighted by atomic mass is 35.5. The van der Waals surface area contributed by atoms with Crippen molar-refractivity contribution in [1.82, 2.24) is 10.2 Å². The number of carbonyl (C=O) groups is 2. The van der Waals surface area contributed by atoms with Crippen LogP contribution in [0.2, 0.25) is 5.02 Å². The van der Waals surface area contributed by atoms with E-state index in [4.69, 9.17) is 11.6 Å². The summed E-state index contributed by atoms with van der Waals surface area (Å²) in [7, 11) is -3.51. The molecule has 34 heavy (non-hydrogen) atoms. The van der Waals surface area contributed by atoms with Crippen LogP contribution in [-0.2, 0) is 26.2 Å². The molecule has 0 saturated carbocycles. The molecule has 186 valence electrons. The SMILES string of the molecule is C[C@H](C(=O)NC(C)(C)C)N(Cc1cccc(Cl)c1)C(=O)CCCN(c1ccccc1)S(C)(=O)=O. The topological polar surface area (TPSA) is 86.8 Å². The van der Waals surface area contributed by atoms with Crippen molar-refractivity contribution in [2.75, 3.05) is 17.1 Å². The number of para-hydroxylation sites is 1. The highest BCUT2D eigenvalue weighted by Crippen LogP contribution is 2.19. The Morgan fingerprint density at radius 2 is 1.71 bits per heavy atom. The van der Waals surface area contributed by atoms with Gasteiger partial charge in [0.25, 0.3) is 0 Å². The van der Waals surface area contributed by atoms with Gasteiger partial charge in [0.05, 0.1) is 11.9 Å². The third-order valence-electron chi connectivity index (χ3n) is 5.10. The quantitative estimate of drug-likeness (QED) is 0.521. The van der Waals surface area contributed by atoms with Crippen molar-refractivity contribution >= 4 is 39.1 Å². The minimum atomic E-state index is -3.51. The maximum absolute atomic E-state index is 13.3. The predicted molar refractivity (Wildman–Crippen MR) is 137 cm³/mol. The minimum Gasteiger partial charge on any atom is -0.350 e. The van der Waals surface area contributed by atoms with E-state index in [2.05, 4.69) is 5.32 Å². The Bertz CT molecular complexity index is 1080. The molecule has 2 rings (SSSR count). The molecule has 0 aromatic heterocycles. The van der Waals surface area contributed by atoms with Crippen molar-refractivity contribution in [1.29, 1.82) is 0 Å². The molecule has 0 heterocycles. The number of carbonyl (C=O) groups excluding carboxylic acids is 2. The second-order valence-electron chi connectivity index (χ2n) is 9.34. The van der Waals surface area contributed by atoms with Crippen molar-refractivity contribution in [2.24, 2.45) is 0 Å². The molecule has 0 fully saturated rings. The van der Waals surface area contributed by atoms with Crippen molar-refractivity contribution in [3.8, 4) is 0 Å². The maximum atomic E-state index is 13.3. The van der Waals surface area contributed by atoms with E-state index in [1.807, 2.05) is 32.9 Å². The minimum absolute atomic E-state index is 0.0898. The van der Waals surface area contributed by atoms with Gasteiger partial charge >= 0.3 is 0 Å². The smallest absolute Gasteiger partial charge is 0.242 e. The first-order valence-electron chi connectivity index (χ1n) is 11.2. The Hall–Kier alpha value is -2.58. The van der Waals surface area contributed by atoms with Crippen molar-refractivity contribution in [3.63, 3.8) is 0 Å². The Labute approximate surface area is 208 Å². The third-order valence-corrected chi connectivity index (χ3v) is 6.53. The first-order chi connectivity index (χ1) is 15.8. The number of hydrogen-bond acceptors (Lipinski definition) is 4. The molecule has 0 radical (unpaired) electrons. The van der Waals surface area contributed by atoms with E-state index >= 15 is 0 Å². The number of benzene rings is 2. The fourth-order valence-electron chi connectivity index (χ4n) is 3.49. The van der Waals surface area contributed by atoms with E-state index in [-0.39, 0.29) is 31.3 Å². The van der Waals surface area contributed by atoms with E-state index in [1.165, 1.54) is 9.21 Å². The molecule has 2 amide bonds. The lowest BCUT2D eigenvalue weighted by atomic mass is 10.1. The number of rotatable bonds is 10. The van der Waals surface area contributed by atoms with Gasteiger partial charge < -0.3 is 10.2 Å². The lowest BCUT2D eigenvalue weighted by molar-refractivity contribution is -0.141. The predicted octanol–water partition coefficient (Wildman–Crippen LogP) is 4.22. The van der Waals surface area contributed by atoms with Gasteiger partial charge in [-0.15, -0.1) is 0 Å². The lowest BCUT2D eigenvalue weighted by Gasteiger charge is -2.32. The molecule has 0 bridgehead atoms. The van der Waals surface area contributed by atoms with Crippen LogP contribution < -0.4 is 9.62 Å². The fraction of sp³-hybridized carbons (Fsp3) is 0.440. The molecule has 2 aromatic rings. The number of nitrogens with zero attached hydrogens (tertiary/aromatic N) is 2. The van der Waals surface area contributed by atoms with Gasteiger partial charge in [0, 0.05) is 30.1 Å². The van der Waals surface area contributed by atoms with Crippen LogP contribution in [0.1, 0.15) is 46.1 Å². The number of hydrogen-bond donors (Lipinski definition) is 1. The van der Waals surface area contributed by atoms with E-state index < -0.39 is 21.6 Å². The van der Waals surface area contributed by atoms with Gasteiger partial charge in [0.2, 0.25) is 21.8 Å². The number of halogens is 1. The van der Waals surface area contributed by atoms with Crippen LogP contribution in [0.5, 0.6) is 0 Å². The summed E-state index contributed by atoms with van der Waals surface area (Å²) < 4.78 is 25.9. The number of amides is 2. The first kappa shape index (κ1) is 27.7. The standard InChI is InChI=1S/C25H34ClN3O4S/c1-19(24(31)27-25(2,3)4)28(18-20-11-9-12-21(26)17-20)23(30)15-10-16-29(34(5,32)33)22-13-7-6-8-14-22/h6-9,11-14,17,19H,10,15-16,18H2,1-5H3,(H,27,31)/t19-/m1/s1. The first-order valence-corrected chi connectivity index (χ1v) is 13.4. The Morgan fingerprint density at radius 1 is 1.06 bits per heavy atom. The van der Waals surface area contributed by atoms with E-state index in [0.29, 0.717) is 17.1 Å². The molecule has 0 aliphatic heterocycles. The van der Waals surface area contributed by atoms with Gasteiger partial charge in [-0.25, -0.2) is 8.42 Å². The summed E-state index contributed by atoms with van der Waals surface area (Å²) in [5.41, 5.74) is 0.909. The molecular formula is C25H34ClN3O4S. The summed E-state index contributed by atoms with van der Waals surface area (Å²) in [6.45, 7) is 7.70. The fourth-order valence-corrected chi connectivity index (χ4v) is 4.67. The molecule has 0 unspecified atom stereocenters. The van der Waals surface area contributed by atoms with Crippen molar-refractivity contribution in [2.45, 2.75) is 58.7 Å². The van der Waals surface area contributed by atoms with Gasteiger partial charge in [-0.05, 0) is 63.9 Å². The molecule has 1 N–H and O–H groups in total. The number of sulfonamides is 1. The van der Waals surface area contributed by atoms with E-state index in [0.717, 1.165) is 11.8 Å². The van der Waals surface area contributed by atoms with Crippen LogP contribution in [0.4, 0.5) is 5.69 Å². The van der Waals surface area contributed by atoms with Gasteiger partial charge in [-0.1, -0.05) is 41.9 Å². The maximum Gasteiger partial charge on any atom is 0.242 e. The summed E-state index contributed by atoms with van der Waals surface area (Å²) in [4.78, 5) is 27.6. The summed E-state index contributed by atoms with van der Waals surface area (Å²) in [5, 5.41) is 3.47. The molecular weight excluding hydrogens is 474 g/mol. The molecule has 0 aliphatic rings. The van der Waals surface area contributed by atoms with E-state index in [1.54, 1.807) is 49.4 Å². The van der Waals surface area contributed by atoms with Crippen LogP contribution in [0, 0.1) is 0 Å². The normalized spacial score (nSPS) is 12.6. The van der Waals surface area contributed by atoms with Crippen LogP contribution in [0.25, 0.3) is 0 Å². The molecule has 0 spiro atoms. The van der Waals surface area contributed by atoms with Crippen LogP contribution >= 0.6 is 11.6 Å². The molecule has 7 nitrogen and oxygen atoms in total. The summed E-state index contributed by atoms with van der Waals surface area (Å²) in [5.74, 6) is -0.497. The highest BCUT2D eigenvalue weighted by molar-refractivity contribution is 7.92. The highest BCUT2D eigenvalue weighted by Gasteiger charge is 2.28. The molecule has 9 heteroatoms. The lowest BCUT2D eigenvalue weighted by Crippen LogP contribution is -2.52. The molecule has 1 atom stereocenters. The monoisotopic (exact) mass is 507 g/mol. The Morgan fingerprint density at radius 3 is 2.26 bits per heavy atom. The summed E-state index contributed by atoms with van der Waals surface area (Å²) in [6.07, 6.45) is 1.54. The van der Waals surface area contributed by atoms with Gasteiger partial charge in [0.15, 0.2) is 0 Å². The second-order valence-corrected chi connectivity index (χ2v) is 11.7. The zero-order valence-electron chi connectivity index (χ0n) is 20.4. The molecule has 2 aromatic carbocycles. The summed E-state index contributed by atoms with van der Waals surface area (Å²) >= 11 is 6.11. The number of anilines is 1. The largest absolute Gasteiger partial charge is 0.350 e. The van der Waals surface area contributed by atoms with Gasteiger partial charge in [-0.2, -0.15) is 0 Å². The zero-order chi connectivity index (χ0) is 25.5.